The molecule has 1 atom stereocenters. The minimum absolute atomic E-state index is 0.0649. The molecule has 0 saturated carbocycles. The summed E-state index contributed by atoms with van der Waals surface area (Å²) in [7, 11) is 0. The van der Waals surface area contributed by atoms with Gasteiger partial charge in [-0.3, -0.25) is 9.59 Å². The first-order valence-corrected chi connectivity index (χ1v) is 18.3. The fourth-order valence-corrected chi connectivity index (χ4v) is 8.53. The molecule has 50 heavy (non-hydrogen) atoms. The Kier molecular flexibility index (Phi) is 17.1. The van der Waals surface area contributed by atoms with Gasteiger partial charge in [-0.25, -0.2) is 9.59 Å². The molecule has 0 aromatic heterocycles. The van der Waals surface area contributed by atoms with Crippen LogP contribution in [0.1, 0.15) is 169 Å². The number of hydrogen-bond donors (Lipinski definition) is 0. The number of carbonyl (C=O) groups excluding carboxylic acids is 4. The Hall–Kier alpha value is -2.76. The van der Waals surface area contributed by atoms with Gasteiger partial charge in [0.05, 0.1) is 12.3 Å². The molecular weight excluding hydrogens is 624 g/mol. The normalized spacial score (nSPS) is 17.7. The van der Waals surface area contributed by atoms with Gasteiger partial charge in [-0.05, 0) is 84.9 Å². The molecule has 2 heterocycles. The summed E-state index contributed by atoms with van der Waals surface area (Å²) >= 11 is 0. The van der Waals surface area contributed by atoms with Crippen molar-refractivity contribution >= 4 is 23.9 Å². The first-order chi connectivity index (χ1) is 22.1. The number of allylic oxidation sites excluding steroid dienone is 4. The summed E-state index contributed by atoms with van der Waals surface area (Å²) in [6.45, 7) is 45.8. The molecule has 0 aromatic carbocycles. The van der Waals surface area contributed by atoms with Crippen molar-refractivity contribution in [3.63, 3.8) is 0 Å². The van der Waals surface area contributed by atoms with Gasteiger partial charge in [0.2, 0.25) is 0 Å². The highest BCUT2D eigenvalue weighted by molar-refractivity contribution is 6.09. The topological polar surface area (TPSA) is 86.7 Å². The summed E-state index contributed by atoms with van der Waals surface area (Å²) in [6.07, 6.45) is 10.2. The molecule has 2 rings (SSSR count). The lowest BCUT2D eigenvalue weighted by atomic mass is 9.72. The molecule has 6 heteroatoms. The van der Waals surface area contributed by atoms with Gasteiger partial charge in [-0.1, -0.05) is 133 Å². The third-order valence-corrected chi connectivity index (χ3v) is 7.86. The second-order valence-electron chi connectivity index (χ2n) is 21.0. The van der Waals surface area contributed by atoms with Crippen LogP contribution >= 0.6 is 0 Å². The number of ether oxygens (including phenoxy) is 2. The summed E-state index contributed by atoms with van der Waals surface area (Å²) in [5.41, 5.74) is 5.45. The van der Waals surface area contributed by atoms with Gasteiger partial charge >= 0.3 is 23.9 Å². The van der Waals surface area contributed by atoms with Crippen LogP contribution < -0.4 is 0 Å². The van der Waals surface area contributed by atoms with Crippen molar-refractivity contribution in [3.05, 3.63) is 47.6 Å². The van der Waals surface area contributed by atoms with Crippen LogP contribution in [-0.2, 0) is 28.7 Å². The van der Waals surface area contributed by atoms with Crippen LogP contribution in [0.5, 0.6) is 0 Å². The molecule has 0 bridgehead atoms. The van der Waals surface area contributed by atoms with E-state index in [-0.39, 0.29) is 40.0 Å². The van der Waals surface area contributed by atoms with E-state index < -0.39 is 17.9 Å². The molecule has 286 valence electrons. The number of cyclic esters (lactones) is 4. The average molecular weight is 699 g/mol. The van der Waals surface area contributed by atoms with Crippen LogP contribution in [0.3, 0.4) is 0 Å². The van der Waals surface area contributed by atoms with E-state index in [0.717, 1.165) is 36.8 Å². The lowest BCUT2D eigenvalue weighted by Gasteiger charge is -2.33. The van der Waals surface area contributed by atoms with Crippen molar-refractivity contribution in [2.75, 3.05) is 0 Å². The highest BCUT2D eigenvalue weighted by Gasteiger charge is 2.35. The number of hydrogen-bond acceptors (Lipinski definition) is 6. The molecule has 1 saturated heterocycles. The van der Waals surface area contributed by atoms with Crippen molar-refractivity contribution in [2.45, 2.75) is 169 Å². The maximum absolute atomic E-state index is 11.4. The molecule has 6 nitrogen and oxygen atoms in total. The summed E-state index contributed by atoms with van der Waals surface area (Å²) in [5, 5.41) is 0. The summed E-state index contributed by atoms with van der Waals surface area (Å²) in [6, 6.07) is 0. The molecule has 0 aliphatic carbocycles. The summed E-state index contributed by atoms with van der Waals surface area (Å²) in [4.78, 5) is 44.8. The van der Waals surface area contributed by atoms with Gasteiger partial charge in [-0.15, -0.1) is 6.58 Å². The Morgan fingerprint density at radius 3 is 1.54 bits per heavy atom. The molecule has 0 N–H and O–H groups in total. The molecular formula is C44H74O6. The van der Waals surface area contributed by atoms with Crippen molar-refractivity contribution in [2.24, 2.45) is 38.4 Å². The van der Waals surface area contributed by atoms with Crippen LogP contribution in [0.2, 0.25) is 0 Å². The number of esters is 4. The minimum atomic E-state index is -0.554. The lowest BCUT2D eigenvalue weighted by Crippen LogP contribution is -2.22. The highest BCUT2D eigenvalue weighted by Crippen LogP contribution is 2.40. The van der Waals surface area contributed by atoms with E-state index in [2.05, 4.69) is 139 Å². The van der Waals surface area contributed by atoms with Gasteiger partial charge in [0.25, 0.3) is 0 Å². The van der Waals surface area contributed by atoms with Crippen LogP contribution in [0.25, 0.3) is 0 Å². The zero-order chi connectivity index (χ0) is 39.7. The molecule has 1 fully saturated rings. The minimum Gasteiger partial charge on any atom is -0.393 e. The lowest BCUT2D eigenvalue weighted by molar-refractivity contribution is -0.154. The molecule has 2 aliphatic rings. The molecule has 1 unspecified atom stereocenters. The van der Waals surface area contributed by atoms with Gasteiger partial charge in [0.15, 0.2) is 0 Å². The molecule has 2 aliphatic heterocycles. The molecule has 0 spiro atoms. The van der Waals surface area contributed by atoms with Gasteiger partial charge < -0.3 is 9.47 Å². The molecule has 0 amide bonds. The third-order valence-electron chi connectivity index (χ3n) is 7.86. The Balaban J connectivity index is 0.000000742. The third kappa shape index (κ3) is 22.9. The molecule has 0 radical (unpaired) electrons. The van der Waals surface area contributed by atoms with Crippen molar-refractivity contribution in [1.82, 2.24) is 0 Å². The van der Waals surface area contributed by atoms with Crippen molar-refractivity contribution in [1.29, 1.82) is 0 Å². The van der Waals surface area contributed by atoms with Crippen molar-refractivity contribution < 1.29 is 28.7 Å². The van der Waals surface area contributed by atoms with Crippen LogP contribution in [0.4, 0.5) is 0 Å². The predicted molar refractivity (Wildman–Crippen MR) is 208 cm³/mol. The number of rotatable bonds is 12. The summed E-state index contributed by atoms with van der Waals surface area (Å²) in [5.74, 6) is -2.17. The van der Waals surface area contributed by atoms with Crippen LogP contribution in [-0.4, -0.2) is 23.9 Å². The first-order valence-electron chi connectivity index (χ1n) is 18.3. The molecule has 0 aromatic rings. The smallest absolute Gasteiger partial charge is 0.342 e. The summed E-state index contributed by atoms with van der Waals surface area (Å²) < 4.78 is 9.05. The van der Waals surface area contributed by atoms with E-state index >= 15 is 0 Å². The maximum atomic E-state index is 11.4. The second-order valence-corrected chi connectivity index (χ2v) is 21.0. The second kappa shape index (κ2) is 18.1. The van der Waals surface area contributed by atoms with Crippen molar-refractivity contribution in [3.8, 4) is 0 Å². The van der Waals surface area contributed by atoms with E-state index in [0.29, 0.717) is 29.2 Å². The first kappa shape index (κ1) is 47.2. The van der Waals surface area contributed by atoms with E-state index in [4.69, 9.17) is 0 Å². The highest BCUT2D eigenvalue weighted by atomic mass is 16.6. The zero-order valence-electron chi connectivity index (χ0n) is 35.3. The fraction of sp³-hybridized carbons (Fsp3) is 0.727. The quantitative estimate of drug-likeness (QED) is 0.115. The van der Waals surface area contributed by atoms with Gasteiger partial charge in [-0.2, -0.15) is 0 Å². The Bertz CT molecular complexity index is 1290. The number of carbonyl (C=O) groups is 4. The van der Waals surface area contributed by atoms with E-state index in [1.807, 2.05) is 6.92 Å². The van der Waals surface area contributed by atoms with Gasteiger partial charge in [0, 0.05) is 18.1 Å². The Labute approximate surface area is 307 Å². The predicted octanol–water partition coefficient (Wildman–Crippen LogP) is 12.1. The Morgan fingerprint density at radius 2 is 1.18 bits per heavy atom. The van der Waals surface area contributed by atoms with Crippen LogP contribution in [0.15, 0.2) is 47.6 Å². The van der Waals surface area contributed by atoms with Gasteiger partial charge in [0.1, 0.15) is 0 Å². The fourth-order valence-electron chi connectivity index (χ4n) is 8.53. The van der Waals surface area contributed by atoms with E-state index in [9.17, 15) is 19.2 Å². The monoisotopic (exact) mass is 699 g/mol. The standard InChI is InChI=1S/C16H26O3.C16H24O3.C12H24/c2*1-11(7-12-8-13(17)19-14(12)18)9-16(5,6)10-15(2,3)4;1-10(2)8-12(6,7)9-11(3,4)5/h12H,1,7-10H2,2-6H3;8-9H,7,10H2,1-6H3;1,8-9H2,2-7H3. The SMILES string of the molecule is C=C(C)CC(C)(C)CC(C)(C)C.C=C(CC1CC(=O)OC1=O)CC(C)(C)CC(C)(C)C.CC(=CC(C)(C)CC(C)(C)C)CC1=CC(=O)OC1=O. The van der Waals surface area contributed by atoms with Crippen LogP contribution in [0, 0.1) is 38.4 Å². The maximum Gasteiger partial charge on any atom is 0.342 e. The van der Waals surface area contributed by atoms with E-state index in [1.54, 1.807) is 0 Å². The zero-order valence-corrected chi connectivity index (χ0v) is 35.3. The van der Waals surface area contributed by atoms with E-state index in [1.165, 1.54) is 18.1 Å². The average Bonchev–Trinajstić information content (AvgIpc) is 3.25. The largest absolute Gasteiger partial charge is 0.393 e. The Morgan fingerprint density at radius 1 is 0.720 bits per heavy atom.